The summed E-state index contributed by atoms with van der Waals surface area (Å²) >= 11 is 5.67. The van der Waals surface area contributed by atoms with Crippen LogP contribution in [-0.2, 0) is 0 Å². The number of nitrogens with one attached hydrogen (secondary N) is 1. The minimum atomic E-state index is -1.55. The van der Waals surface area contributed by atoms with Gasteiger partial charge >= 0.3 is 0 Å². The van der Waals surface area contributed by atoms with Crippen LogP contribution in [0.5, 0.6) is 0 Å². The normalized spacial score (nSPS) is 10.1. The molecule has 0 spiro atoms. The Morgan fingerprint density at radius 3 is 2.32 bits per heavy atom. The zero-order valence-electron chi connectivity index (χ0n) is 9.22. The SMILES string of the molecule is N#Cc1cc(Cl)nc(Nc2cc(F)c(F)c(F)c2)c1. The van der Waals surface area contributed by atoms with Crippen molar-refractivity contribution >= 4 is 23.1 Å². The molecule has 0 fully saturated rings. The third-order valence-electron chi connectivity index (χ3n) is 2.18. The zero-order valence-corrected chi connectivity index (χ0v) is 9.97. The van der Waals surface area contributed by atoms with E-state index in [2.05, 4.69) is 10.3 Å². The topological polar surface area (TPSA) is 48.7 Å². The van der Waals surface area contributed by atoms with Crippen molar-refractivity contribution in [3.05, 3.63) is 52.4 Å². The second kappa shape index (κ2) is 5.16. The van der Waals surface area contributed by atoms with Gasteiger partial charge in [-0.15, -0.1) is 0 Å². The number of hydrogen-bond donors (Lipinski definition) is 1. The summed E-state index contributed by atoms with van der Waals surface area (Å²) in [6, 6.07) is 6.07. The molecular weight excluding hydrogens is 279 g/mol. The van der Waals surface area contributed by atoms with E-state index in [1.165, 1.54) is 12.1 Å². The molecule has 0 atom stereocenters. The molecule has 1 N–H and O–H groups in total. The maximum absolute atomic E-state index is 13.0. The molecule has 0 amide bonds. The summed E-state index contributed by atoms with van der Waals surface area (Å²) in [6.45, 7) is 0. The molecule has 1 aromatic carbocycles. The van der Waals surface area contributed by atoms with Gasteiger partial charge in [-0.25, -0.2) is 18.2 Å². The molecule has 7 heteroatoms. The van der Waals surface area contributed by atoms with Gasteiger partial charge in [-0.05, 0) is 12.1 Å². The minimum Gasteiger partial charge on any atom is -0.340 e. The lowest BCUT2D eigenvalue weighted by Crippen LogP contribution is -1.98. The van der Waals surface area contributed by atoms with Gasteiger partial charge in [-0.3, -0.25) is 0 Å². The second-order valence-corrected chi connectivity index (χ2v) is 3.94. The third-order valence-corrected chi connectivity index (χ3v) is 2.37. The average molecular weight is 284 g/mol. The molecule has 2 rings (SSSR count). The van der Waals surface area contributed by atoms with Crippen LogP contribution in [0.2, 0.25) is 5.15 Å². The highest BCUT2D eigenvalue weighted by molar-refractivity contribution is 6.29. The Hall–Kier alpha value is -2.26. The summed E-state index contributed by atoms with van der Waals surface area (Å²) in [5.41, 5.74) is 0.181. The van der Waals surface area contributed by atoms with Crippen molar-refractivity contribution in [3.63, 3.8) is 0 Å². The van der Waals surface area contributed by atoms with Crippen molar-refractivity contribution in [1.82, 2.24) is 4.98 Å². The van der Waals surface area contributed by atoms with E-state index in [0.717, 1.165) is 12.1 Å². The zero-order chi connectivity index (χ0) is 14.0. The summed E-state index contributed by atoms with van der Waals surface area (Å²) in [6.07, 6.45) is 0. The summed E-state index contributed by atoms with van der Waals surface area (Å²) in [5, 5.41) is 11.3. The predicted molar refractivity (Wildman–Crippen MR) is 63.6 cm³/mol. The molecule has 0 aliphatic rings. The van der Waals surface area contributed by atoms with Gasteiger partial charge in [0.2, 0.25) is 0 Å². The van der Waals surface area contributed by atoms with Crippen LogP contribution >= 0.6 is 11.6 Å². The first-order chi connectivity index (χ1) is 8.99. The Bertz CT molecular complexity index is 659. The van der Waals surface area contributed by atoms with E-state index in [0.29, 0.717) is 0 Å². The van der Waals surface area contributed by atoms with Crippen molar-refractivity contribution in [3.8, 4) is 6.07 Å². The largest absolute Gasteiger partial charge is 0.340 e. The van der Waals surface area contributed by atoms with Crippen LogP contribution in [0.3, 0.4) is 0 Å². The van der Waals surface area contributed by atoms with E-state index in [4.69, 9.17) is 16.9 Å². The first kappa shape index (κ1) is 13.2. The molecule has 0 unspecified atom stereocenters. The summed E-state index contributed by atoms with van der Waals surface area (Å²) in [4.78, 5) is 3.82. The van der Waals surface area contributed by atoms with E-state index in [9.17, 15) is 13.2 Å². The predicted octanol–water partition coefficient (Wildman–Crippen LogP) is 3.77. The molecule has 1 heterocycles. The molecule has 2 aromatic rings. The molecule has 96 valence electrons. The van der Waals surface area contributed by atoms with E-state index in [1.807, 2.05) is 6.07 Å². The molecule has 1 aromatic heterocycles. The number of nitriles is 1. The van der Waals surface area contributed by atoms with Gasteiger partial charge in [0.1, 0.15) is 11.0 Å². The smallest absolute Gasteiger partial charge is 0.194 e. The number of rotatable bonds is 2. The number of aromatic nitrogens is 1. The van der Waals surface area contributed by atoms with E-state index >= 15 is 0 Å². The maximum Gasteiger partial charge on any atom is 0.194 e. The number of anilines is 2. The van der Waals surface area contributed by atoms with Gasteiger partial charge in [0, 0.05) is 17.8 Å². The van der Waals surface area contributed by atoms with Crippen LogP contribution in [-0.4, -0.2) is 4.98 Å². The molecular formula is C12H5ClF3N3. The first-order valence-corrected chi connectivity index (χ1v) is 5.36. The van der Waals surface area contributed by atoms with E-state index < -0.39 is 17.5 Å². The number of pyridine rings is 1. The fraction of sp³-hybridized carbons (Fsp3) is 0. The highest BCUT2D eigenvalue weighted by Crippen LogP contribution is 2.22. The maximum atomic E-state index is 13.0. The van der Waals surface area contributed by atoms with Crippen LogP contribution in [0.4, 0.5) is 24.7 Å². The fourth-order valence-corrected chi connectivity index (χ4v) is 1.61. The molecule has 0 radical (unpaired) electrons. The number of hydrogen-bond acceptors (Lipinski definition) is 3. The summed E-state index contributed by atoms with van der Waals surface area (Å²) in [7, 11) is 0. The molecule has 0 aliphatic carbocycles. The summed E-state index contributed by atoms with van der Waals surface area (Å²) in [5.74, 6) is -4.09. The monoisotopic (exact) mass is 283 g/mol. The van der Waals surface area contributed by atoms with Crippen LogP contribution in [0.25, 0.3) is 0 Å². The molecule has 19 heavy (non-hydrogen) atoms. The average Bonchev–Trinajstić information content (AvgIpc) is 2.35. The van der Waals surface area contributed by atoms with E-state index in [1.54, 1.807) is 0 Å². The van der Waals surface area contributed by atoms with Crippen LogP contribution in [0.15, 0.2) is 24.3 Å². The Kier molecular flexibility index (Phi) is 3.58. The van der Waals surface area contributed by atoms with E-state index in [-0.39, 0.29) is 22.2 Å². The number of benzene rings is 1. The van der Waals surface area contributed by atoms with Gasteiger partial charge in [0.25, 0.3) is 0 Å². The van der Waals surface area contributed by atoms with Crippen molar-refractivity contribution in [2.24, 2.45) is 0 Å². The number of nitrogens with zero attached hydrogens (tertiary/aromatic N) is 2. The molecule has 0 bridgehead atoms. The second-order valence-electron chi connectivity index (χ2n) is 3.55. The standard InChI is InChI=1S/C12H5ClF3N3/c13-10-1-6(5-17)2-11(19-10)18-7-3-8(14)12(16)9(15)4-7/h1-4H,(H,18,19). The minimum absolute atomic E-state index is 0.0459. The van der Waals surface area contributed by atoms with Crippen molar-refractivity contribution in [2.45, 2.75) is 0 Å². The van der Waals surface area contributed by atoms with Crippen molar-refractivity contribution < 1.29 is 13.2 Å². The Morgan fingerprint density at radius 2 is 1.74 bits per heavy atom. The van der Waals surface area contributed by atoms with Gasteiger partial charge in [0.05, 0.1) is 11.6 Å². The Labute approximate surface area is 111 Å². The van der Waals surface area contributed by atoms with Crippen LogP contribution < -0.4 is 5.32 Å². The molecule has 3 nitrogen and oxygen atoms in total. The lowest BCUT2D eigenvalue weighted by molar-refractivity contribution is 0.448. The highest BCUT2D eigenvalue weighted by Gasteiger charge is 2.11. The third kappa shape index (κ3) is 2.95. The van der Waals surface area contributed by atoms with Crippen molar-refractivity contribution in [2.75, 3.05) is 5.32 Å². The quantitative estimate of drug-likeness (QED) is 0.674. The molecule has 0 saturated heterocycles. The van der Waals surface area contributed by atoms with Gasteiger partial charge < -0.3 is 5.32 Å². The highest BCUT2D eigenvalue weighted by atomic mass is 35.5. The summed E-state index contributed by atoms with van der Waals surface area (Å²) < 4.78 is 38.8. The van der Waals surface area contributed by atoms with Gasteiger partial charge in [0.15, 0.2) is 17.5 Å². The number of halogens is 4. The Balaban J connectivity index is 2.36. The van der Waals surface area contributed by atoms with Gasteiger partial charge in [-0.1, -0.05) is 11.6 Å². The molecule has 0 saturated carbocycles. The Morgan fingerprint density at radius 1 is 1.11 bits per heavy atom. The lowest BCUT2D eigenvalue weighted by atomic mass is 10.2. The van der Waals surface area contributed by atoms with Crippen molar-refractivity contribution in [1.29, 1.82) is 5.26 Å². The molecule has 0 aliphatic heterocycles. The van der Waals surface area contributed by atoms with Crippen LogP contribution in [0.1, 0.15) is 5.56 Å². The lowest BCUT2D eigenvalue weighted by Gasteiger charge is -2.07. The van der Waals surface area contributed by atoms with Crippen LogP contribution in [0, 0.1) is 28.8 Å². The van der Waals surface area contributed by atoms with Gasteiger partial charge in [-0.2, -0.15) is 5.26 Å². The first-order valence-electron chi connectivity index (χ1n) is 4.99. The fourth-order valence-electron chi connectivity index (χ4n) is 1.40.